The predicted octanol–water partition coefficient (Wildman–Crippen LogP) is 1.67. The van der Waals surface area contributed by atoms with E-state index in [0.717, 1.165) is 0 Å². The number of hydrogen-bond donors (Lipinski definition) is 2. The number of nitrogens with two attached hydrogens (primary N) is 1. The van der Waals surface area contributed by atoms with E-state index in [1.807, 2.05) is 0 Å². The van der Waals surface area contributed by atoms with Gasteiger partial charge in [-0.2, -0.15) is 0 Å². The minimum atomic E-state index is -0.938. The van der Waals surface area contributed by atoms with Crippen LogP contribution >= 0.6 is 0 Å². The fourth-order valence-corrected chi connectivity index (χ4v) is 1.17. The molecule has 0 saturated carbocycles. The molecular weight excluding hydrogens is 185 g/mol. The predicted molar refractivity (Wildman–Crippen MR) is 51.3 cm³/mol. The molecule has 3 N–H and O–H groups in total. The quantitative estimate of drug-likeness (QED) is 0.724. The van der Waals surface area contributed by atoms with E-state index in [-0.39, 0.29) is 6.42 Å². The van der Waals surface area contributed by atoms with Gasteiger partial charge in [-0.05, 0) is 30.2 Å². The highest BCUT2D eigenvalue weighted by molar-refractivity contribution is 5.70. The topological polar surface area (TPSA) is 63.3 Å². The van der Waals surface area contributed by atoms with Crippen LogP contribution in [0.4, 0.5) is 10.1 Å². The Morgan fingerprint density at radius 1 is 1.64 bits per heavy atom. The summed E-state index contributed by atoms with van der Waals surface area (Å²) in [5.74, 6) is -1.95. The fraction of sp³-hybridized carbons (Fsp3) is 0.300. The van der Waals surface area contributed by atoms with Gasteiger partial charge >= 0.3 is 5.97 Å². The zero-order valence-electron chi connectivity index (χ0n) is 7.83. The number of anilines is 1. The Morgan fingerprint density at radius 2 is 2.29 bits per heavy atom. The molecule has 14 heavy (non-hydrogen) atoms. The van der Waals surface area contributed by atoms with Crippen molar-refractivity contribution in [2.45, 2.75) is 13.3 Å². The van der Waals surface area contributed by atoms with Crippen molar-refractivity contribution in [3.63, 3.8) is 0 Å². The molecule has 0 spiro atoms. The summed E-state index contributed by atoms with van der Waals surface area (Å²) in [6, 6.07) is 4.16. The lowest BCUT2D eigenvalue weighted by atomic mass is 10.0. The second kappa shape index (κ2) is 4.09. The second-order valence-electron chi connectivity index (χ2n) is 3.29. The van der Waals surface area contributed by atoms with Crippen molar-refractivity contribution in [3.8, 4) is 0 Å². The lowest BCUT2D eigenvalue weighted by molar-refractivity contribution is -0.141. The van der Waals surface area contributed by atoms with Gasteiger partial charge in [-0.25, -0.2) is 4.39 Å². The summed E-state index contributed by atoms with van der Waals surface area (Å²) in [6.07, 6.45) is 0.159. The molecule has 76 valence electrons. The molecule has 0 saturated heterocycles. The van der Waals surface area contributed by atoms with Crippen molar-refractivity contribution < 1.29 is 14.3 Å². The molecule has 0 aliphatic carbocycles. The van der Waals surface area contributed by atoms with Crippen LogP contribution in [-0.2, 0) is 11.2 Å². The molecule has 0 aliphatic heterocycles. The first-order chi connectivity index (χ1) is 6.50. The third kappa shape index (κ3) is 2.45. The standard InChI is InChI=1S/C10H12FNO2/c1-6(10(13)14)4-7-5-8(12)2-3-9(7)11/h2-3,5-6H,4,12H2,1H3,(H,13,14). The molecule has 0 fully saturated rings. The van der Waals surface area contributed by atoms with Crippen molar-refractivity contribution in [1.29, 1.82) is 0 Å². The van der Waals surface area contributed by atoms with E-state index in [2.05, 4.69) is 0 Å². The van der Waals surface area contributed by atoms with Crippen molar-refractivity contribution in [2.24, 2.45) is 5.92 Å². The third-order valence-corrected chi connectivity index (χ3v) is 2.02. The maximum Gasteiger partial charge on any atom is 0.306 e. The smallest absolute Gasteiger partial charge is 0.306 e. The summed E-state index contributed by atoms with van der Waals surface area (Å²) in [7, 11) is 0. The first kappa shape index (κ1) is 10.5. The Bertz CT molecular complexity index is 352. The normalized spacial score (nSPS) is 12.4. The van der Waals surface area contributed by atoms with Crippen LogP contribution in [0.1, 0.15) is 12.5 Å². The highest BCUT2D eigenvalue weighted by Gasteiger charge is 2.14. The molecule has 1 unspecified atom stereocenters. The van der Waals surface area contributed by atoms with Crippen LogP contribution in [0.25, 0.3) is 0 Å². The Kier molecular flexibility index (Phi) is 3.06. The molecule has 1 aromatic carbocycles. The number of halogens is 1. The highest BCUT2D eigenvalue weighted by Crippen LogP contribution is 2.16. The number of carbonyl (C=O) groups is 1. The largest absolute Gasteiger partial charge is 0.481 e. The van der Waals surface area contributed by atoms with Gasteiger partial charge < -0.3 is 10.8 Å². The third-order valence-electron chi connectivity index (χ3n) is 2.02. The van der Waals surface area contributed by atoms with Crippen LogP contribution in [-0.4, -0.2) is 11.1 Å². The summed E-state index contributed by atoms with van der Waals surface area (Å²) in [5.41, 5.74) is 6.26. The summed E-state index contributed by atoms with van der Waals surface area (Å²) in [4.78, 5) is 10.5. The van der Waals surface area contributed by atoms with Crippen LogP contribution in [0, 0.1) is 11.7 Å². The maximum absolute atomic E-state index is 13.1. The van der Waals surface area contributed by atoms with Gasteiger partial charge in [0, 0.05) is 5.69 Å². The zero-order chi connectivity index (χ0) is 10.7. The number of nitrogen functional groups attached to an aromatic ring is 1. The van der Waals surface area contributed by atoms with Crippen LogP contribution in [0.15, 0.2) is 18.2 Å². The van der Waals surface area contributed by atoms with Crippen molar-refractivity contribution in [1.82, 2.24) is 0 Å². The van der Waals surface area contributed by atoms with E-state index in [4.69, 9.17) is 10.8 Å². The van der Waals surface area contributed by atoms with Gasteiger partial charge in [-0.3, -0.25) is 4.79 Å². The average Bonchev–Trinajstić information content (AvgIpc) is 2.11. The Hall–Kier alpha value is -1.58. The molecule has 0 bridgehead atoms. The second-order valence-corrected chi connectivity index (χ2v) is 3.29. The number of carboxylic acids is 1. The average molecular weight is 197 g/mol. The van der Waals surface area contributed by atoms with E-state index >= 15 is 0 Å². The number of aliphatic carboxylic acids is 1. The molecule has 1 rings (SSSR count). The molecule has 1 atom stereocenters. The number of carboxylic acid groups (broad SMARTS) is 1. The number of hydrogen-bond acceptors (Lipinski definition) is 2. The maximum atomic E-state index is 13.1. The van der Waals surface area contributed by atoms with Gasteiger partial charge in [0.25, 0.3) is 0 Å². The van der Waals surface area contributed by atoms with E-state index in [0.29, 0.717) is 11.3 Å². The first-order valence-corrected chi connectivity index (χ1v) is 4.27. The Labute approximate surface area is 81.4 Å². The highest BCUT2D eigenvalue weighted by atomic mass is 19.1. The van der Waals surface area contributed by atoms with E-state index in [1.54, 1.807) is 0 Å². The summed E-state index contributed by atoms with van der Waals surface area (Å²) >= 11 is 0. The molecule has 0 aromatic heterocycles. The van der Waals surface area contributed by atoms with Crippen molar-refractivity contribution in [2.75, 3.05) is 5.73 Å². The monoisotopic (exact) mass is 197 g/mol. The Balaban J connectivity index is 2.85. The van der Waals surface area contributed by atoms with Gasteiger partial charge in [0.1, 0.15) is 5.82 Å². The minimum absolute atomic E-state index is 0.159. The summed E-state index contributed by atoms with van der Waals surface area (Å²) in [5, 5.41) is 8.65. The molecule has 0 amide bonds. The van der Waals surface area contributed by atoms with Crippen molar-refractivity contribution in [3.05, 3.63) is 29.6 Å². The first-order valence-electron chi connectivity index (χ1n) is 4.27. The minimum Gasteiger partial charge on any atom is -0.481 e. The Morgan fingerprint density at radius 3 is 2.86 bits per heavy atom. The SMILES string of the molecule is CC(Cc1cc(N)ccc1F)C(=O)O. The molecule has 0 radical (unpaired) electrons. The van der Waals surface area contributed by atoms with Crippen LogP contribution in [0.2, 0.25) is 0 Å². The summed E-state index contributed by atoms with van der Waals surface area (Å²) in [6.45, 7) is 1.53. The van der Waals surface area contributed by atoms with Gasteiger partial charge in [0.05, 0.1) is 5.92 Å². The molecule has 1 aromatic rings. The van der Waals surface area contributed by atoms with Gasteiger partial charge in [0.15, 0.2) is 0 Å². The van der Waals surface area contributed by atoms with E-state index < -0.39 is 17.7 Å². The van der Waals surface area contributed by atoms with Crippen LogP contribution in [0.5, 0.6) is 0 Å². The van der Waals surface area contributed by atoms with E-state index in [9.17, 15) is 9.18 Å². The van der Waals surface area contributed by atoms with Gasteiger partial charge in [-0.15, -0.1) is 0 Å². The van der Waals surface area contributed by atoms with E-state index in [1.165, 1.54) is 25.1 Å². The molecular formula is C10H12FNO2. The molecule has 0 heterocycles. The van der Waals surface area contributed by atoms with Gasteiger partial charge in [-0.1, -0.05) is 6.92 Å². The van der Waals surface area contributed by atoms with Crippen LogP contribution in [0.3, 0.4) is 0 Å². The van der Waals surface area contributed by atoms with Gasteiger partial charge in [0.2, 0.25) is 0 Å². The molecule has 3 nitrogen and oxygen atoms in total. The number of benzene rings is 1. The summed E-state index contributed by atoms with van der Waals surface area (Å²) < 4.78 is 13.1. The molecule has 0 aliphatic rings. The zero-order valence-corrected chi connectivity index (χ0v) is 7.83. The lowest BCUT2D eigenvalue weighted by Crippen LogP contribution is -2.13. The fourth-order valence-electron chi connectivity index (χ4n) is 1.17. The molecule has 4 heteroatoms. The van der Waals surface area contributed by atoms with Crippen molar-refractivity contribution >= 4 is 11.7 Å². The lowest BCUT2D eigenvalue weighted by Gasteiger charge is -2.07. The number of rotatable bonds is 3. The van der Waals surface area contributed by atoms with Crippen LogP contribution < -0.4 is 5.73 Å².